The third-order valence-corrected chi connectivity index (χ3v) is 4.18. The molecule has 0 aliphatic rings. The molecular weight excluding hydrogens is 372 g/mol. The molecule has 5 nitrogen and oxygen atoms in total. The van der Waals surface area contributed by atoms with Gasteiger partial charge in [0.05, 0.1) is 0 Å². The number of Topliss-reactive ketones (excluding diaryl/α,β-unsaturated/α-hetero) is 1. The first-order chi connectivity index (χ1) is 11.3. The molecule has 0 aliphatic carbocycles. The van der Waals surface area contributed by atoms with Crippen molar-refractivity contribution in [2.45, 2.75) is 20.3 Å². The van der Waals surface area contributed by atoms with Crippen molar-refractivity contribution in [2.75, 3.05) is 10.6 Å². The van der Waals surface area contributed by atoms with Gasteiger partial charge in [-0.15, -0.1) is 0 Å². The summed E-state index contributed by atoms with van der Waals surface area (Å²) in [5, 5.41) is 5.29. The minimum atomic E-state index is -0.445. The van der Waals surface area contributed by atoms with Crippen LogP contribution in [-0.2, 0) is 9.59 Å². The first kappa shape index (κ1) is 17.9. The fourth-order valence-electron chi connectivity index (χ4n) is 2.04. The summed E-state index contributed by atoms with van der Waals surface area (Å²) in [5.41, 5.74) is 2.65. The van der Waals surface area contributed by atoms with Crippen molar-refractivity contribution in [3.8, 4) is 0 Å². The first-order valence-corrected chi connectivity index (χ1v) is 8.11. The third kappa shape index (κ3) is 5.03. The average Bonchev–Trinajstić information content (AvgIpc) is 2.51. The summed E-state index contributed by atoms with van der Waals surface area (Å²) in [6.07, 6.45) is -0.310. The van der Waals surface area contributed by atoms with Crippen LogP contribution in [0.1, 0.15) is 29.3 Å². The van der Waals surface area contributed by atoms with Crippen LogP contribution in [0, 0.1) is 6.92 Å². The molecule has 6 heteroatoms. The van der Waals surface area contributed by atoms with Crippen molar-refractivity contribution >= 4 is 44.9 Å². The molecule has 0 heterocycles. The van der Waals surface area contributed by atoms with Crippen molar-refractivity contribution < 1.29 is 14.4 Å². The molecule has 2 amide bonds. The maximum atomic E-state index is 11.9. The molecule has 24 heavy (non-hydrogen) atoms. The topological polar surface area (TPSA) is 75.3 Å². The van der Waals surface area contributed by atoms with E-state index in [1.807, 2.05) is 13.0 Å². The van der Waals surface area contributed by atoms with Gasteiger partial charge in [0.1, 0.15) is 6.42 Å². The van der Waals surface area contributed by atoms with Gasteiger partial charge in [-0.05, 0) is 43.7 Å². The molecule has 2 N–H and O–H groups in total. The van der Waals surface area contributed by atoms with Crippen LogP contribution in [0.5, 0.6) is 0 Å². The second-order valence-electron chi connectivity index (χ2n) is 5.37. The van der Waals surface area contributed by atoms with Crippen LogP contribution in [0.25, 0.3) is 0 Å². The van der Waals surface area contributed by atoms with Crippen molar-refractivity contribution in [2.24, 2.45) is 0 Å². The SMILES string of the molecule is CC(=O)c1cccc(NC(=O)CC(=O)Nc2ccc(C)c(Br)c2)c1. The Balaban J connectivity index is 1.94. The quantitative estimate of drug-likeness (QED) is 0.601. The smallest absolute Gasteiger partial charge is 0.233 e. The summed E-state index contributed by atoms with van der Waals surface area (Å²) in [5.74, 6) is -0.945. The number of carbonyl (C=O) groups excluding carboxylic acids is 3. The van der Waals surface area contributed by atoms with E-state index in [1.165, 1.54) is 6.92 Å². The van der Waals surface area contributed by atoms with Crippen LogP contribution in [0.2, 0.25) is 0 Å². The van der Waals surface area contributed by atoms with Gasteiger partial charge in [-0.1, -0.05) is 34.1 Å². The number of anilines is 2. The Labute approximate surface area is 148 Å². The lowest BCUT2D eigenvalue weighted by molar-refractivity contribution is -0.123. The average molecular weight is 389 g/mol. The number of rotatable bonds is 5. The van der Waals surface area contributed by atoms with Crippen LogP contribution in [0.4, 0.5) is 11.4 Å². The minimum absolute atomic E-state index is 0.0891. The molecule has 0 atom stereocenters. The van der Waals surface area contributed by atoms with E-state index in [9.17, 15) is 14.4 Å². The van der Waals surface area contributed by atoms with Gasteiger partial charge in [-0.2, -0.15) is 0 Å². The van der Waals surface area contributed by atoms with Crippen LogP contribution < -0.4 is 10.6 Å². The fourth-order valence-corrected chi connectivity index (χ4v) is 2.42. The number of hydrogen-bond donors (Lipinski definition) is 2. The second-order valence-corrected chi connectivity index (χ2v) is 6.23. The number of nitrogens with one attached hydrogen (secondary N) is 2. The molecule has 124 valence electrons. The van der Waals surface area contributed by atoms with Gasteiger partial charge in [0.2, 0.25) is 11.8 Å². The summed E-state index contributed by atoms with van der Waals surface area (Å²) >= 11 is 3.39. The fraction of sp³-hybridized carbons (Fsp3) is 0.167. The Bertz CT molecular complexity index is 803. The van der Waals surface area contributed by atoms with E-state index in [1.54, 1.807) is 36.4 Å². The van der Waals surface area contributed by atoms with Gasteiger partial charge in [0, 0.05) is 21.4 Å². The minimum Gasteiger partial charge on any atom is -0.326 e. The van der Waals surface area contributed by atoms with Crippen molar-refractivity contribution in [1.29, 1.82) is 0 Å². The van der Waals surface area contributed by atoms with Crippen LogP contribution in [0.3, 0.4) is 0 Å². The van der Waals surface area contributed by atoms with E-state index in [2.05, 4.69) is 26.6 Å². The highest BCUT2D eigenvalue weighted by molar-refractivity contribution is 9.10. The molecule has 0 radical (unpaired) electrons. The molecule has 0 aliphatic heterocycles. The van der Waals surface area contributed by atoms with Crippen molar-refractivity contribution in [3.05, 3.63) is 58.1 Å². The van der Waals surface area contributed by atoms with Crippen LogP contribution >= 0.6 is 15.9 Å². The molecule has 0 unspecified atom stereocenters. The molecule has 0 saturated carbocycles. The zero-order valence-electron chi connectivity index (χ0n) is 13.4. The summed E-state index contributed by atoms with van der Waals surface area (Å²) < 4.78 is 0.880. The molecule has 2 rings (SSSR count). The van der Waals surface area contributed by atoms with E-state index in [0.29, 0.717) is 16.9 Å². The highest BCUT2D eigenvalue weighted by atomic mass is 79.9. The second kappa shape index (κ2) is 7.88. The number of aryl methyl sites for hydroxylation is 1. The van der Waals surface area contributed by atoms with Crippen molar-refractivity contribution in [3.63, 3.8) is 0 Å². The number of carbonyl (C=O) groups is 3. The largest absolute Gasteiger partial charge is 0.326 e. The Kier molecular flexibility index (Phi) is 5.87. The summed E-state index contributed by atoms with van der Waals surface area (Å²) in [4.78, 5) is 35.2. The van der Waals surface area contributed by atoms with Gasteiger partial charge in [0.25, 0.3) is 0 Å². The van der Waals surface area contributed by atoms with E-state index < -0.39 is 11.8 Å². The highest BCUT2D eigenvalue weighted by Gasteiger charge is 2.11. The van der Waals surface area contributed by atoms with Gasteiger partial charge in [-0.3, -0.25) is 14.4 Å². The van der Waals surface area contributed by atoms with E-state index in [4.69, 9.17) is 0 Å². The molecule has 2 aromatic rings. The van der Waals surface area contributed by atoms with Crippen LogP contribution in [0.15, 0.2) is 46.9 Å². The Morgan fingerprint density at radius 3 is 2.17 bits per heavy atom. The maximum absolute atomic E-state index is 11.9. The normalized spacial score (nSPS) is 10.1. The van der Waals surface area contributed by atoms with Crippen molar-refractivity contribution in [1.82, 2.24) is 0 Å². The van der Waals surface area contributed by atoms with Gasteiger partial charge in [0.15, 0.2) is 5.78 Å². The van der Waals surface area contributed by atoms with E-state index >= 15 is 0 Å². The number of ketones is 1. The predicted octanol–water partition coefficient (Wildman–Crippen LogP) is 3.93. The lowest BCUT2D eigenvalue weighted by Crippen LogP contribution is -2.21. The summed E-state index contributed by atoms with van der Waals surface area (Å²) in [6, 6.07) is 12.0. The maximum Gasteiger partial charge on any atom is 0.233 e. The highest BCUT2D eigenvalue weighted by Crippen LogP contribution is 2.20. The Hall–Kier alpha value is -2.47. The number of halogens is 1. The molecule has 0 saturated heterocycles. The molecule has 2 aromatic carbocycles. The van der Waals surface area contributed by atoms with E-state index in [0.717, 1.165) is 10.0 Å². The Morgan fingerprint density at radius 1 is 0.958 bits per heavy atom. The number of amides is 2. The summed E-state index contributed by atoms with van der Waals surface area (Å²) in [6.45, 7) is 3.40. The zero-order chi connectivity index (χ0) is 17.7. The molecule has 0 fully saturated rings. The first-order valence-electron chi connectivity index (χ1n) is 7.32. The molecule has 0 aromatic heterocycles. The predicted molar refractivity (Wildman–Crippen MR) is 97.2 cm³/mol. The number of benzene rings is 2. The lowest BCUT2D eigenvalue weighted by atomic mass is 10.1. The van der Waals surface area contributed by atoms with Crippen LogP contribution in [-0.4, -0.2) is 17.6 Å². The van der Waals surface area contributed by atoms with Gasteiger partial charge < -0.3 is 10.6 Å². The lowest BCUT2D eigenvalue weighted by Gasteiger charge is -2.08. The number of hydrogen-bond acceptors (Lipinski definition) is 3. The standard InChI is InChI=1S/C18H17BrN2O3/c1-11-6-7-15(9-16(11)19)21-18(24)10-17(23)20-14-5-3-4-13(8-14)12(2)22/h3-9H,10H2,1-2H3,(H,20,23)(H,21,24). The third-order valence-electron chi connectivity index (χ3n) is 3.33. The Morgan fingerprint density at radius 2 is 1.58 bits per heavy atom. The van der Waals surface area contributed by atoms with E-state index in [-0.39, 0.29) is 12.2 Å². The van der Waals surface area contributed by atoms with Gasteiger partial charge >= 0.3 is 0 Å². The summed E-state index contributed by atoms with van der Waals surface area (Å²) in [7, 11) is 0. The molecular formula is C18H17BrN2O3. The van der Waals surface area contributed by atoms with Gasteiger partial charge in [-0.25, -0.2) is 0 Å². The zero-order valence-corrected chi connectivity index (χ0v) is 14.9. The molecule has 0 spiro atoms. The molecule has 0 bridgehead atoms. The monoisotopic (exact) mass is 388 g/mol.